The van der Waals surface area contributed by atoms with E-state index in [1.165, 1.54) is 64.2 Å². The molecule has 0 amide bonds. The van der Waals surface area contributed by atoms with Gasteiger partial charge in [-0.2, -0.15) is 0 Å². The van der Waals surface area contributed by atoms with Crippen LogP contribution in [0.15, 0.2) is 108 Å². The van der Waals surface area contributed by atoms with Crippen molar-refractivity contribution < 1.29 is 0 Å². The maximum absolute atomic E-state index is 2.40. The summed E-state index contributed by atoms with van der Waals surface area (Å²) in [6, 6.07) is 21.5. The van der Waals surface area contributed by atoms with Gasteiger partial charge in [-0.3, -0.25) is 0 Å². The van der Waals surface area contributed by atoms with Crippen LogP contribution in [0.4, 0.5) is 0 Å². The first-order valence-electron chi connectivity index (χ1n) is 15.6. The summed E-state index contributed by atoms with van der Waals surface area (Å²) in [4.78, 5) is 0. The molecular formula is C39H54N2. The minimum Gasteiger partial charge on any atom is -0.343 e. The van der Waals surface area contributed by atoms with Gasteiger partial charge in [-0.25, -0.2) is 0 Å². The van der Waals surface area contributed by atoms with Gasteiger partial charge >= 0.3 is 0 Å². The predicted octanol–water partition coefficient (Wildman–Crippen LogP) is 11.8. The quantitative estimate of drug-likeness (QED) is 0.164. The van der Waals surface area contributed by atoms with Crippen LogP contribution in [0.1, 0.15) is 87.5 Å². The Hall–Kier alpha value is -3.26. The lowest BCUT2D eigenvalue weighted by molar-refractivity contribution is 0.381. The first kappa shape index (κ1) is 32.3. The summed E-state index contributed by atoms with van der Waals surface area (Å²) in [5, 5.41) is 2.65. The molecule has 4 aromatic rings. The second kappa shape index (κ2) is 15.7. The van der Waals surface area contributed by atoms with Crippen molar-refractivity contribution in [2.24, 2.45) is 11.3 Å². The van der Waals surface area contributed by atoms with Crippen LogP contribution in [0.2, 0.25) is 0 Å². The largest absolute Gasteiger partial charge is 0.343 e. The van der Waals surface area contributed by atoms with Crippen molar-refractivity contribution in [3.8, 4) is 0 Å². The number of para-hydroxylation sites is 2. The van der Waals surface area contributed by atoms with Crippen LogP contribution < -0.4 is 0 Å². The van der Waals surface area contributed by atoms with Gasteiger partial charge in [0.25, 0.3) is 0 Å². The van der Waals surface area contributed by atoms with Gasteiger partial charge in [0.1, 0.15) is 0 Å². The molecule has 220 valence electrons. The molecule has 2 aromatic heterocycles. The topological polar surface area (TPSA) is 9.86 Å². The average molecular weight is 551 g/mol. The van der Waals surface area contributed by atoms with E-state index in [4.69, 9.17) is 0 Å². The third-order valence-electron chi connectivity index (χ3n) is 7.56. The highest BCUT2D eigenvalue weighted by Gasteiger charge is 2.08. The number of nitrogens with zero attached hydrogens (tertiary/aromatic N) is 2. The van der Waals surface area contributed by atoms with Gasteiger partial charge in [0.15, 0.2) is 0 Å². The van der Waals surface area contributed by atoms with Crippen LogP contribution in [0.3, 0.4) is 0 Å². The van der Waals surface area contributed by atoms with E-state index in [1.54, 1.807) is 0 Å². The van der Waals surface area contributed by atoms with Crippen LogP contribution >= 0.6 is 0 Å². The fraction of sp³-hybridized carbons (Fsp3) is 0.436. The SMILES string of the molecule is C/C(=C\CC(C)C)CC/C=C(\C)Cn1ccc2ccccc21.C/C(=C\CCC(C)(C)C)Cn1ccc2ccccc21. The third kappa shape index (κ3) is 11.3. The molecule has 41 heavy (non-hydrogen) atoms. The Bertz CT molecular complexity index is 1450. The second-order valence-electron chi connectivity index (χ2n) is 13.4. The summed E-state index contributed by atoms with van der Waals surface area (Å²) in [6.45, 7) is 20.2. The highest BCUT2D eigenvalue weighted by Crippen LogP contribution is 2.22. The van der Waals surface area contributed by atoms with Crippen molar-refractivity contribution in [3.05, 3.63) is 108 Å². The Kier molecular flexibility index (Phi) is 12.3. The van der Waals surface area contributed by atoms with E-state index in [9.17, 15) is 0 Å². The summed E-state index contributed by atoms with van der Waals surface area (Å²) >= 11 is 0. The predicted molar refractivity (Wildman–Crippen MR) is 183 cm³/mol. The van der Waals surface area contributed by atoms with E-state index in [1.807, 2.05) is 0 Å². The Morgan fingerprint density at radius 1 is 0.659 bits per heavy atom. The number of hydrogen-bond donors (Lipinski definition) is 0. The molecule has 0 aliphatic carbocycles. The zero-order valence-electron chi connectivity index (χ0n) is 27.1. The molecule has 0 atom stereocenters. The Balaban J connectivity index is 0.000000228. The highest BCUT2D eigenvalue weighted by atomic mass is 15.0. The number of benzene rings is 2. The second-order valence-corrected chi connectivity index (χ2v) is 13.4. The molecule has 0 aliphatic heterocycles. The zero-order chi connectivity index (χ0) is 29.8. The minimum absolute atomic E-state index is 0.428. The van der Waals surface area contributed by atoms with Crippen molar-refractivity contribution in [3.63, 3.8) is 0 Å². The third-order valence-corrected chi connectivity index (χ3v) is 7.56. The van der Waals surface area contributed by atoms with Crippen LogP contribution in [-0.4, -0.2) is 9.13 Å². The van der Waals surface area contributed by atoms with E-state index in [0.29, 0.717) is 5.41 Å². The van der Waals surface area contributed by atoms with Crippen LogP contribution in [0.25, 0.3) is 21.8 Å². The number of allylic oxidation sites excluding steroid dienone is 6. The van der Waals surface area contributed by atoms with Gasteiger partial charge in [0.2, 0.25) is 0 Å². The molecule has 0 spiro atoms. The Labute approximate surface area is 250 Å². The molecule has 0 N–H and O–H groups in total. The van der Waals surface area contributed by atoms with Gasteiger partial charge in [-0.1, -0.05) is 106 Å². The van der Waals surface area contributed by atoms with Crippen molar-refractivity contribution in [1.82, 2.24) is 9.13 Å². The maximum Gasteiger partial charge on any atom is 0.0483 e. The summed E-state index contributed by atoms with van der Waals surface area (Å²) in [5.74, 6) is 0.759. The molecule has 2 nitrogen and oxygen atoms in total. The lowest BCUT2D eigenvalue weighted by atomic mass is 9.90. The van der Waals surface area contributed by atoms with Gasteiger partial charge < -0.3 is 9.13 Å². The first-order valence-corrected chi connectivity index (χ1v) is 15.6. The molecule has 0 unspecified atom stereocenters. The van der Waals surface area contributed by atoms with E-state index >= 15 is 0 Å². The van der Waals surface area contributed by atoms with Crippen LogP contribution in [0, 0.1) is 11.3 Å². The molecule has 0 radical (unpaired) electrons. The van der Waals surface area contributed by atoms with E-state index in [-0.39, 0.29) is 0 Å². The molecule has 2 aromatic carbocycles. The average Bonchev–Trinajstić information content (AvgIpc) is 3.51. The van der Waals surface area contributed by atoms with Gasteiger partial charge in [-0.15, -0.1) is 0 Å². The van der Waals surface area contributed by atoms with Crippen molar-refractivity contribution >= 4 is 21.8 Å². The molecule has 0 aliphatic rings. The number of aromatic nitrogens is 2. The lowest BCUT2D eigenvalue weighted by Crippen LogP contribution is -2.03. The van der Waals surface area contributed by atoms with Gasteiger partial charge in [0, 0.05) is 36.5 Å². The summed E-state index contributed by atoms with van der Waals surface area (Å²) in [5.41, 5.74) is 7.49. The monoisotopic (exact) mass is 550 g/mol. The molecule has 0 saturated heterocycles. The summed E-state index contributed by atoms with van der Waals surface area (Å²) in [7, 11) is 0. The zero-order valence-corrected chi connectivity index (χ0v) is 27.1. The van der Waals surface area contributed by atoms with E-state index < -0.39 is 0 Å². The molecule has 2 heterocycles. The van der Waals surface area contributed by atoms with Crippen molar-refractivity contribution in [1.29, 1.82) is 0 Å². The number of hydrogen-bond acceptors (Lipinski definition) is 0. The molecule has 2 heteroatoms. The smallest absolute Gasteiger partial charge is 0.0483 e. The van der Waals surface area contributed by atoms with Crippen LogP contribution in [0.5, 0.6) is 0 Å². The summed E-state index contributed by atoms with van der Waals surface area (Å²) < 4.78 is 4.67. The van der Waals surface area contributed by atoms with Crippen LogP contribution in [-0.2, 0) is 13.1 Å². The molecule has 0 bridgehead atoms. The lowest BCUT2D eigenvalue weighted by Gasteiger charge is -2.16. The number of rotatable bonds is 11. The fourth-order valence-electron chi connectivity index (χ4n) is 5.06. The molecular weight excluding hydrogens is 496 g/mol. The van der Waals surface area contributed by atoms with Crippen molar-refractivity contribution in [2.45, 2.75) is 101 Å². The number of fused-ring (bicyclic) bond motifs is 2. The van der Waals surface area contributed by atoms with Crippen molar-refractivity contribution in [2.75, 3.05) is 0 Å². The molecule has 0 saturated carbocycles. The summed E-state index contributed by atoms with van der Waals surface area (Å²) in [6.07, 6.45) is 17.5. The molecule has 0 fully saturated rings. The normalized spacial score (nSPS) is 13.2. The standard InChI is InChI=1S/C21H29N.C18H25N/c1-17(2)12-13-18(3)8-7-9-19(4)16-22-15-14-20-10-5-6-11-21(20)22;1-15(8-7-12-18(2,3)4)14-19-13-11-16-9-5-6-10-17(16)19/h5-6,9-11,13-15,17H,7-8,12,16H2,1-4H3;5-6,8-11,13H,7,12,14H2,1-4H3/b18-13+,19-9+;15-8+. The fourth-order valence-corrected chi connectivity index (χ4v) is 5.06. The van der Waals surface area contributed by atoms with E-state index in [2.05, 4.69) is 156 Å². The van der Waals surface area contributed by atoms with Gasteiger partial charge in [-0.05, 0) is 99.2 Å². The maximum atomic E-state index is 2.40. The van der Waals surface area contributed by atoms with E-state index in [0.717, 1.165) is 25.4 Å². The molecule has 4 rings (SSSR count). The van der Waals surface area contributed by atoms with Gasteiger partial charge in [0.05, 0.1) is 0 Å². The minimum atomic E-state index is 0.428. The Morgan fingerprint density at radius 3 is 1.63 bits per heavy atom. The highest BCUT2D eigenvalue weighted by molar-refractivity contribution is 5.80. The first-order chi connectivity index (χ1) is 19.5. The Morgan fingerprint density at radius 2 is 1.15 bits per heavy atom.